The Hall–Kier alpha value is -2.56. The summed E-state index contributed by atoms with van der Waals surface area (Å²) in [6, 6.07) is 24.5. The zero-order valence-corrected chi connectivity index (χ0v) is 17.6. The molecule has 0 saturated carbocycles. The van der Waals surface area contributed by atoms with Crippen molar-refractivity contribution in [1.82, 2.24) is 10.2 Å². The van der Waals surface area contributed by atoms with Crippen molar-refractivity contribution in [2.75, 3.05) is 13.1 Å². The highest BCUT2D eigenvalue weighted by molar-refractivity contribution is 5.36. The van der Waals surface area contributed by atoms with Crippen LogP contribution in [0.5, 0.6) is 0 Å². The summed E-state index contributed by atoms with van der Waals surface area (Å²) in [4.78, 5) is 2.53. The number of rotatable bonds is 6. The van der Waals surface area contributed by atoms with E-state index in [0.29, 0.717) is 5.92 Å². The standard InChI is InChI=1S/C27H28F2N2/c28-23-10-4-8-21(16-23)25(22-9-5-11-24(29)17-22)27-26(20-12-14-31(27)15-13-20)30-18-19-6-2-1-3-7-19/h1-11,16-17,20,25-27,30H,12-15,18H2. The first-order chi connectivity index (χ1) is 15.2. The van der Waals surface area contributed by atoms with Crippen molar-refractivity contribution in [2.24, 2.45) is 5.92 Å². The maximum Gasteiger partial charge on any atom is 0.123 e. The molecular weight excluding hydrogens is 390 g/mol. The summed E-state index contributed by atoms with van der Waals surface area (Å²) >= 11 is 0. The molecule has 3 fully saturated rings. The van der Waals surface area contributed by atoms with Crippen LogP contribution in [0.1, 0.15) is 35.4 Å². The fourth-order valence-electron chi connectivity index (χ4n) is 5.61. The van der Waals surface area contributed by atoms with Gasteiger partial charge in [0.2, 0.25) is 0 Å². The maximum atomic E-state index is 14.2. The third-order valence-corrected chi connectivity index (χ3v) is 7.01. The summed E-state index contributed by atoms with van der Waals surface area (Å²) < 4.78 is 28.5. The highest BCUT2D eigenvalue weighted by Crippen LogP contribution is 2.42. The lowest BCUT2D eigenvalue weighted by molar-refractivity contribution is 0.00462. The smallest absolute Gasteiger partial charge is 0.123 e. The fraction of sp³-hybridized carbons (Fsp3) is 0.333. The molecule has 1 N–H and O–H groups in total. The Morgan fingerprint density at radius 1 is 0.806 bits per heavy atom. The quantitative estimate of drug-likeness (QED) is 0.581. The van der Waals surface area contributed by atoms with Crippen LogP contribution in [0, 0.1) is 17.6 Å². The van der Waals surface area contributed by atoms with E-state index in [4.69, 9.17) is 0 Å². The first kappa shape index (κ1) is 20.3. The minimum absolute atomic E-state index is 0.0947. The van der Waals surface area contributed by atoms with Crippen LogP contribution in [-0.4, -0.2) is 30.1 Å². The van der Waals surface area contributed by atoms with Crippen molar-refractivity contribution in [3.8, 4) is 0 Å². The number of fused-ring (bicyclic) bond motifs is 3. The van der Waals surface area contributed by atoms with Crippen molar-refractivity contribution in [1.29, 1.82) is 0 Å². The predicted molar refractivity (Wildman–Crippen MR) is 120 cm³/mol. The van der Waals surface area contributed by atoms with Gasteiger partial charge in [0.05, 0.1) is 0 Å². The van der Waals surface area contributed by atoms with Crippen molar-refractivity contribution >= 4 is 0 Å². The van der Waals surface area contributed by atoms with Crippen LogP contribution in [0.4, 0.5) is 8.78 Å². The van der Waals surface area contributed by atoms with Crippen molar-refractivity contribution in [3.63, 3.8) is 0 Å². The zero-order valence-electron chi connectivity index (χ0n) is 17.6. The lowest BCUT2D eigenvalue weighted by atomic mass is 9.70. The van der Waals surface area contributed by atoms with Gasteiger partial charge in [0.15, 0.2) is 0 Å². The van der Waals surface area contributed by atoms with E-state index in [0.717, 1.165) is 30.8 Å². The fourth-order valence-corrected chi connectivity index (χ4v) is 5.61. The Balaban J connectivity index is 1.53. The molecule has 31 heavy (non-hydrogen) atoms. The molecule has 3 aliphatic rings. The lowest BCUT2D eigenvalue weighted by Gasteiger charge is -2.54. The number of hydrogen-bond acceptors (Lipinski definition) is 2. The van der Waals surface area contributed by atoms with Crippen LogP contribution < -0.4 is 5.32 Å². The number of nitrogens with zero attached hydrogens (tertiary/aromatic N) is 1. The largest absolute Gasteiger partial charge is 0.308 e. The molecule has 3 aromatic carbocycles. The molecule has 160 valence electrons. The molecule has 3 heterocycles. The number of hydrogen-bond donors (Lipinski definition) is 1. The molecule has 0 amide bonds. The van der Waals surface area contributed by atoms with Gasteiger partial charge in [-0.25, -0.2) is 8.78 Å². The number of piperidine rings is 3. The molecule has 2 atom stereocenters. The van der Waals surface area contributed by atoms with E-state index >= 15 is 0 Å². The Bertz CT molecular complexity index is 969. The normalized spacial score (nSPS) is 25.1. The summed E-state index contributed by atoms with van der Waals surface area (Å²) in [5, 5.41) is 3.84. The Labute approximate surface area is 182 Å². The van der Waals surface area contributed by atoms with Crippen molar-refractivity contribution < 1.29 is 8.78 Å². The molecule has 2 unspecified atom stereocenters. The van der Waals surface area contributed by atoms with Crippen LogP contribution in [0.25, 0.3) is 0 Å². The van der Waals surface area contributed by atoms with Gasteiger partial charge in [-0.05, 0) is 72.8 Å². The van der Waals surface area contributed by atoms with E-state index in [1.165, 1.54) is 30.5 Å². The number of halogens is 2. The average Bonchev–Trinajstić information content (AvgIpc) is 2.80. The van der Waals surface area contributed by atoms with Gasteiger partial charge in [-0.2, -0.15) is 0 Å². The molecule has 0 aromatic heterocycles. The Morgan fingerprint density at radius 3 is 2.00 bits per heavy atom. The minimum atomic E-state index is -0.247. The van der Waals surface area contributed by atoms with Gasteiger partial charge in [-0.1, -0.05) is 54.6 Å². The van der Waals surface area contributed by atoms with E-state index in [1.54, 1.807) is 24.3 Å². The van der Waals surface area contributed by atoms with Gasteiger partial charge < -0.3 is 5.32 Å². The third kappa shape index (κ3) is 4.28. The van der Waals surface area contributed by atoms with Crippen LogP contribution in [0.3, 0.4) is 0 Å². The topological polar surface area (TPSA) is 15.3 Å². The highest BCUT2D eigenvalue weighted by Gasteiger charge is 2.46. The summed E-state index contributed by atoms with van der Waals surface area (Å²) in [5.41, 5.74) is 3.08. The SMILES string of the molecule is Fc1cccc(C(c2cccc(F)c2)C2C(NCc3ccccc3)C3CCN2CC3)c1. The average molecular weight is 419 g/mol. The molecule has 2 bridgehead atoms. The second kappa shape index (κ2) is 8.89. The Morgan fingerprint density at radius 2 is 1.42 bits per heavy atom. The molecule has 3 aromatic rings. The first-order valence-electron chi connectivity index (χ1n) is 11.2. The van der Waals surface area contributed by atoms with Crippen LogP contribution in [0.2, 0.25) is 0 Å². The molecule has 0 aliphatic carbocycles. The molecule has 3 aliphatic heterocycles. The molecule has 0 spiro atoms. The summed E-state index contributed by atoms with van der Waals surface area (Å²) in [5.74, 6) is -0.0153. The van der Waals surface area contributed by atoms with E-state index in [1.807, 2.05) is 18.2 Å². The van der Waals surface area contributed by atoms with Crippen LogP contribution in [0.15, 0.2) is 78.9 Å². The van der Waals surface area contributed by atoms with Crippen LogP contribution >= 0.6 is 0 Å². The Kier molecular flexibility index (Phi) is 5.84. The number of benzene rings is 3. The molecule has 2 nitrogen and oxygen atoms in total. The summed E-state index contributed by atoms with van der Waals surface area (Å²) in [7, 11) is 0. The second-order valence-electron chi connectivity index (χ2n) is 8.84. The van der Waals surface area contributed by atoms with Gasteiger partial charge in [-0.3, -0.25) is 4.90 Å². The van der Waals surface area contributed by atoms with E-state index in [-0.39, 0.29) is 29.6 Å². The summed E-state index contributed by atoms with van der Waals surface area (Å²) in [6.45, 7) is 2.88. The molecule has 0 radical (unpaired) electrons. The summed E-state index contributed by atoms with van der Waals surface area (Å²) in [6.07, 6.45) is 2.34. The highest BCUT2D eigenvalue weighted by atomic mass is 19.1. The third-order valence-electron chi connectivity index (χ3n) is 7.01. The molecular formula is C27H28F2N2. The van der Waals surface area contributed by atoms with E-state index in [2.05, 4.69) is 34.5 Å². The van der Waals surface area contributed by atoms with Gasteiger partial charge in [-0.15, -0.1) is 0 Å². The van der Waals surface area contributed by atoms with Gasteiger partial charge in [0, 0.05) is 24.5 Å². The molecule has 4 heteroatoms. The number of nitrogens with one attached hydrogen (secondary N) is 1. The first-order valence-corrected chi connectivity index (χ1v) is 11.2. The zero-order chi connectivity index (χ0) is 21.2. The lowest BCUT2D eigenvalue weighted by Crippen LogP contribution is -2.64. The predicted octanol–water partition coefficient (Wildman–Crippen LogP) is 5.35. The molecule has 3 saturated heterocycles. The van der Waals surface area contributed by atoms with Crippen molar-refractivity contribution in [3.05, 3.63) is 107 Å². The molecule has 6 rings (SSSR count). The van der Waals surface area contributed by atoms with E-state index in [9.17, 15) is 8.78 Å². The van der Waals surface area contributed by atoms with Gasteiger partial charge in [0.1, 0.15) is 11.6 Å². The van der Waals surface area contributed by atoms with E-state index < -0.39 is 0 Å². The van der Waals surface area contributed by atoms with Crippen molar-refractivity contribution in [2.45, 2.75) is 37.4 Å². The monoisotopic (exact) mass is 418 g/mol. The van der Waals surface area contributed by atoms with Gasteiger partial charge >= 0.3 is 0 Å². The maximum absolute atomic E-state index is 14.2. The second-order valence-corrected chi connectivity index (χ2v) is 8.84. The van der Waals surface area contributed by atoms with Gasteiger partial charge in [0.25, 0.3) is 0 Å². The minimum Gasteiger partial charge on any atom is -0.308 e. The van der Waals surface area contributed by atoms with Crippen LogP contribution in [-0.2, 0) is 6.54 Å².